The fraction of sp³-hybridized carbons (Fsp3) is 0.909. The van der Waals surface area contributed by atoms with Crippen LogP contribution in [0.3, 0.4) is 0 Å². The van der Waals surface area contributed by atoms with E-state index >= 15 is 0 Å². The Labute approximate surface area is 88.9 Å². The van der Waals surface area contributed by atoms with Crippen LogP contribution in [0.25, 0.3) is 0 Å². The monoisotopic (exact) mass is 212 g/mol. The zero-order chi connectivity index (χ0) is 10.4. The summed E-state index contributed by atoms with van der Waals surface area (Å²) in [6.45, 7) is 1.73. The third-order valence-electron chi connectivity index (χ3n) is 4.00. The van der Waals surface area contributed by atoms with Crippen LogP contribution in [0.5, 0.6) is 0 Å². The molecule has 84 valence electrons. The average molecular weight is 212 g/mol. The van der Waals surface area contributed by atoms with E-state index < -0.39 is 11.2 Å². The molecule has 2 aliphatic heterocycles. The van der Waals surface area contributed by atoms with Crippen molar-refractivity contribution >= 4 is 5.97 Å². The summed E-state index contributed by atoms with van der Waals surface area (Å²) >= 11 is 0. The van der Waals surface area contributed by atoms with Gasteiger partial charge in [-0.25, -0.2) is 0 Å². The van der Waals surface area contributed by atoms with Crippen LogP contribution in [0.15, 0.2) is 0 Å². The Morgan fingerprint density at radius 1 is 0.933 bits per heavy atom. The van der Waals surface area contributed by atoms with Crippen molar-refractivity contribution in [2.75, 3.05) is 19.8 Å². The van der Waals surface area contributed by atoms with Gasteiger partial charge in [0.1, 0.15) is 5.41 Å². The van der Waals surface area contributed by atoms with E-state index in [-0.39, 0.29) is 5.97 Å². The van der Waals surface area contributed by atoms with Gasteiger partial charge in [0.05, 0.1) is 19.8 Å². The van der Waals surface area contributed by atoms with Gasteiger partial charge in [-0.1, -0.05) is 6.42 Å². The zero-order valence-corrected chi connectivity index (χ0v) is 8.79. The number of hydrogen-bond donors (Lipinski definition) is 0. The number of cyclic esters (lactones) is 1. The third-order valence-corrected chi connectivity index (χ3v) is 4.00. The van der Waals surface area contributed by atoms with Gasteiger partial charge in [-0.05, 0) is 12.8 Å². The summed E-state index contributed by atoms with van der Waals surface area (Å²) in [5.74, 6) is -0.761. The number of carbonyl (C=O) groups is 1. The predicted molar refractivity (Wildman–Crippen MR) is 51.1 cm³/mol. The van der Waals surface area contributed by atoms with E-state index in [1.165, 1.54) is 0 Å². The molecule has 0 aromatic carbocycles. The fourth-order valence-corrected chi connectivity index (χ4v) is 3.22. The molecule has 3 aliphatic rings. The van der Waals surface area contributed by atoms with E-state index in [0.717, 1.165) is 32.1 Å². The average Bonchev–Trinajstić information content (AvgIpc) is 2.82. The quantitative estimate of drug-likeness (QED) is 0.567. The second kappa shape index (κ2) is 3.19. The Kier molecular flexibility index (Phi) is 2.04. The minimum atomic E-state index is -0.654. The molecule has 0 amide bonds. The maximum Gasteiger partial charge on any atom is 0.317 e. The van der Waals surface area contributed by atoms with Crippen molar-refractivity contribution < 1.29 is 19.0 Å². The summed E-state index contributed by atoms with van der Waals surface area (Å²) < 4.78 is 16.7. The first kappa shape index (κ1) is 9.60. The summed E-state index contributed by atoms with van der Waals surface area (Å²) in [7, 11) is 0. The van der Waals surface area contributed by atoms with Crippen molar-refractivity contribution in [3.63, 3.8) is 0 Å². The van der Waals surface area contributed by atoms with Gasteiger partial charge < -0.3 is 14.2 Å². The van der Waals surface area contributed by atoms with Gasteiger partial charge in [-0.15, -0.1) is 0 Å². The topological polar surface area (TPSA) is 44.8 Å². The highest BCUT2D eigenvalue weighted by Gasteiger charge is 2.64. The van der Waals surface area contributed by atoms with Crippen LogP contribution in [-0.2, 0) is 19.0 Å². The minimum Gasteiger partial charge on any atom is -0.465 e. The Morgan fingerprint density at radius 3 is 2.33 bits per heavy atom. The number of fused-ring (bicyclic) bond motifs is 1. The van der Waals surface area contributed by atoms with Gasteiger partial charge in [0.2, 0.25) is 0 Å². The molecule has 2 heterocycles. The second-order valence-corrected chi connectivity index (χ2v) is 4.62. The molecule has 3 rings (SSSR count). The maximum atomic E-state index is 11.9. The lowest BCUT2D eigenvalue weighted by Gasteiger charge is -2.44. The van der Waals surface area contributed by atoms with E-state index in [9.17, 15) is 4.79 Å². The Hall–Kier alpha value is -0.610. The largest absolute Gasteiger partial charge is 0.465 e. The number of rotatable bonds is 0. The third kappa shape index (κ3) is 1.12. The molecule has 0 aromatic rings. The normalized spacial score (nSPS) is 38.8. The van der Waals surface area contributed by atoms with Gasteiger partial charge >= 0.3 is 5.97 Å². The van der Waals surface area contributed by atoms with Crippen molar-refractivity contribution in [1.82, 2.24) is 0 Å². The summed E-state index contributed by atoms with van der Waals surface area (Å²) in [5.41, 5.74) is -0.498. The van der Waals surface area contributed by atoms with Gasteiger partial charge in [-0.2, -0.15) is 0 Å². The molecule has 2 saturated heterocycles. The summed E-state index contributed by atoms with van der Waals surface area (Å²) in [4.78, 5) is 11.9. The molecule has 0 radical (unpaired) electrons. The summed E-state index contributed by atoms with van der Waals surface area (Å²) in [5, 5.41) is 0. The van der Waals surface area contributed by atoms with Crippen molar-refractivity contribution in [2.45, 2.75) is 37.9 Å². The van der Waals surface area contributed by atoms with E-state index in [4.69, 9.17) is 14.2 Å². The van der Waals surface area contributed by atoms with Crippen LogP contribution in [0.1, 0.15) is 32.1 Å². The van der Waals surface area contributed by atoms with Gasteiger partial charge in [-0.3, -0.25) is 4.79 Å². The lowest BCUT2D eigenvalue weighted by molar-refractivity contribution is -0.249. The van der Waals surface area contributed by atoms with E-state index in [1.54, 1.807) is 0 Å². The van der Waals surface area contributed by atoms with E-state index in [1.807, 2.05) is 0 Å². The van der Waals surface area contributed by atoms with Crippen molar-refractivity contribution in [3.8, 4) is 0 Å². The lowest BCUT2D eigenvalue weighted by atomic mass is 9.68. The van der Waals surface area contributed by atoms with Gasteiger partial charge in [0.15, 0.2) is 5.79 Å². The van der Waals surface area contributed by atoms with Gasteiger partial charge in [0, 0.05) is 12.8 Å². The minimum absolute atomic E-state index is 0.107. The van der Waals surface area contributed by atoms with Crippen LogP contribution in [-0.4, -0.2) is 31.6 Å². The molecule has 0 N–H and O–H groups in total. The fourth-order valence-electron chi connectivity index (χ4n) is 3.22. The highest BCUT2D eigenvalue weighted by Crippen LogP contribution is 2.54. The smallest absolute Gasteiger partial charge is 0.317 e. The van der Waals surface area contributed by atoms with Crippen LogP contribution in [0.2, 0.25) is 0 Å². The van der Waals surface area contributed by atoms with Crippen LogP contribution in [0, 0.1) is 5.41 Å². The molecule has 0 bridgehead atoms. The molecule has 1 atom stereocenters. The van der Waals surface area contributed by atoms with Gasteiger partial charge in [0.25, 0.3) is 0 Å². The Bertz CT molecular complexity index is 282. The van der Waals surface area contributed by atoms with Crippen LogP contribution < -0.4 is 0 Å². The number of carbonyl (C=O) groups excluding carboxylic acids is 1. The lowest BCUT2D eigenvalue weighted by Crippen LogP contribution is -2.54. The first-order valence-corrected chi connectivity index (χ1v) is 5.74. The molecule has 0 unspecified atom stereocenters. The van der Waals surface area contributed by atoms with Crippen LogP contribution in [0.4, 0.5) is 0 Å². The SMILES string of the molecule is O=C1OCC[C@@]12CCCCC21OCCO1. The number of hydrogen-bond acceptors (Lipinski definition) is 4. The highest BCUT2D eigenvalue weighted by atomic mass is 16.7. The highest BCUT2D eigenvalue weighted by molar-refractivity contribution is 5.80. The molecule has 4 nitrogen and oxygen atoms in total. The molecule has 4 heteroatoms. The molecular formula is C11H16O4. The molecule has 3 fully saturated rings. The summed E-state index contributed by atoms with van der Waals surface area (Å²) in [6.07, 6.45) is 4.60. The van der Waals surface area contributed by atoms with Crippen LogP contribution >= 0.6 is 0 Å². The molecule has 0 aromatic heterocycles. The standard InChI is InChI=1S/C11H16O4/c12-9-10(5-6-13-9)3-1-2-4-11(10)14-7-8-15-11/h1-8H2/t10-/m0/s1. The maximum absolute atomic E-state index is 11.9. The summed E-state index contributed by atoms with van der Waals surface area (Å²) in [6, 6.07) is 0. The molecule has 1 aliphatic carbocycles. The first-order chi connectivity index (χ1) is 7.29. The second-order valence-electron chi connectivity index (χ2n) is 4.62. The van der Waals surface area contributed by atoms with E-state index in [0.29, 0.717) is 19.8 Å². The van der Waals surface area contributed by atoms with Crippen molar-refractivity contribution in [1.29, 1.82) is 0 Å². The zero-order valence-electron chi connectivity index (χ0n) is 8.79. The van der Waals surface area contributed by atoms with Crippen molar-refractivity contribution in [3.05, 3.63) is 0 Å². The Balaban J connectivity index is 1.99. The molecule has 15 heavy (non-hydrogen) atoms. The first-order valence-electron chi connectivity index (χ1n) is 5.74. The number of ether oxygens (including phenoxy) is 3. The molecular weight excluding hydrogens is 196 g/mol. The predicted octanol–water partition coefficient (Wildman–Crippen LogP) is 1.24. The molecule has 2 spiro atoms. The van der Waals surface area contributed by atoms with E-state index in [2.05, 4.69) is 0 Å². The molecule has 1 saturated carbocycles. The Morgan fingerprint density at radius 2 is 1.67 bits per heavy atom. The van der Waals surface area contributed by atoms with Crippen molar-refractivity contribution in [2.24, 2.45) is 5.41 Å². The number of esters is 1.